The van der Waals surface area contributed by atoms with Crippen molar-refractivity contribution in [2.75, 3.05) is 44.8 Å². The summed E-state index contributed by atoms with van der Waals surface area (Å²) >= 11 is 1.53. The summed E-state index contributed by atoms with van der Waals surface area (Å²) in [7, 11) is 0. The number of alkyl halides is 1. The van der Waals surface area contributed by atoms with Gasteiger partial charge in [-0.25, -0.2) is 14.4 Å². The van der Waals surface area contributed by atoms with Crippen molar-refractivity contribution in [1.82, 2.24) is 14.9 Å². The summed E-state index contributed by atoms with van der Waals surface area (Å²) < 4.78 is 25.0. The molecular formula is C23H26FN5O3S. The molecule has 174 valence electrons. The lowest BCUT2D eigenvalue weighted by Gasteiger charge is -2.34. The molecule has 0 bridgehead atoms. The number of nitrogens with one attached hydrogen (secondary N) is 1. The molecule has 1 aromatic carbocycles. The summed E-state index contributed by atoms with van der Waals surface area (Å²) in [5.74, 6) is 0.870. The van der Waals surface area contributed by atoms with E-state index in [-0.39, 0.29) is 18.5 Å². The van der Waals surface area contributed by atoms with Crippen molar-refractivity contribution < 1.29 is 18.7 Å². The average molecular weight is 472 g/mol. The lowest BCUT2D eigenvalue weighted by Crippen LogP contribution is -2.42. The number of morpholine rings is 1. The van der Waals surface area contributed by atoms with Crippen LogP contribution in [0.5, 0.6) is 0 Å². The number of nitrogens with two attached hydrogens (primary N) is 1. The van der Waals surface area contributed by atoms with Gasteiger partial charge in [0.2, 0.25) is 5.91 Å². The summed E-state index contributed by atoms with van der Waals surface area (Å²) in [5, 5.41) is 3.98. The van der Waals surface area contributed by atoms with Crippen LogP contribution in [0.1, 0.15) is 28.6 Å². The summed E-state index contributed by atoms with van der Waals surface area (Å²) in [6.07, 6.45) is 2.21. The van der Waals surface area contributed by atoms with Crippen LogP contribution in [-0.4, -0.2) is 60.3 Å². The number of primary amides is 1. The van der Waals surface area contributed by atoms with Gasteiger partial charge in [-0.3, -0.25) is 9.69 Å². The normalized spacial score (nSPS) is 22.8. The van der Waals surface area contributed by atoms with Gasteiger partial charge in [0, 0.05) is 30.1 Å². The Morgan fingerprint density at radius 1 is 1.21 bits per heavy atom. The van der Waals surface area contributed by atoms with Crippen molar-refractivity contribution in [1.29, 1.82) is 0 Å². The number of anilines is 1. The minimum Gasteiger partial charge on any atom is -0.379 e. The fourth-order valence-corrected chi connectivity index (χ4v) is 5.42. The Morgan fingerprint density at radius 3 is 2.64 bits per heavy atom. The minimum atomic E-state index is -1.39. The molecule has 3 aliphatic heterocycles. The number of nitrogens with zero attached hydrogens (tertiary/aromatic N) is 3. The van der Waals surface area contributed by atoms with Gasteiger partial charge in [-0.2, -0.15) is 0 Å². The standard InChI is InChI=1S/C23H26FN5O3S/c24-23(13-32-14-23)16-3-1-15(2-4-16)18-11-17(21(25)30)22(33-18)28-19-5-6-26-20(27-19)12-29-7-9-31-10-8-29/h1-6,18H,7-14H2,(H2,25,30)(H,26,27,28). The van der Waals surface area contributed by atoms with Crippen molar-refractivity contribution in [2.45, 2.75) is 23.9 Å². The fraction of sp³-hybridized carbons (Fsp3) is 0.435. The maximum absolute atomic E-state index is 14.6. The number of aromatic nitrogens is 2. The number of halogens is 1. The van der Waals surface area contributed by atoms with Crippen molar-refractivity contribution >= 4 is 23.5 Å². The zero-order chi connectivity index (χ0) is 22.8. The van der Waals surface area contributed by atoms with Crippen molar-refractivity contribution in [3.63, 3.8) is 0 Å². The lowest BCUT2D eigenvalue weighted by molar-refractivity contribution is -0.135. The van der Waals surface area contributed by atoms with E-state index in [1.165, 1.54) is 11.8 Å². The first-order chi connectivity index (χ1) is 16.0. The van der Waals surface area contributed by atoms with Gasteiger partial charge in [0.15, 0.2) is 5.67 Å². The van der Waals surface area contributed by atoms with Gasteiger partial charge in [-0.1, -0.05) is 36.0 Å². The first kappa shape index (κ1) is 22.3. The molecule has 2 fully saturated rings. The molecule has 1 amide bonds. The van der Waals surface area contributed by atoms with Crippen LogP contribution in [-0.2, 0) is 26.5 Å². The van der Waals surface area contributed by atoms with E-state index in [1.54, 1.807) is 24.4 Å². The summed E-state index contributed by atoms with van der Waals surface area (Å²) in [5.41, 5.74) is 6.46. The van der Waals surface area contributed by atoms with Crippen LogP contribution in [0.15, 0.2) is 47.1 Å². The molecule has 0 saturated carbocycles. The fourth-order valence-electron chi connectivity index (χ4n) is 4.10. The van der Waals surface area contributed by atoms with Crippen LogP contribution in [0.3, 0.4) is 0 Å². The Morgan fingerprint density at radius 2 is 1.97 bits per heavy atom. The Hall–Kier alpha value is -2.53. The molecule has 2 aromatic rings. The number of carbonyl (C=O) groups is 1. The smallest absolute Gasteiger partial charge is 0.247 e. The number of hydrogen-bond acceptors (Lipinski definition) is 8. The second kappa shape index (κ2) is 9.38. The van der Waals surface area contributed by atoms with Gasteiger partial charge in [0.05, 0.1) is 38.0 Å². The Balaban J connectivity index is 1.28. The van der Waals surface area contributed by atoms with Crippen LogP contribution in [0.2, 0.25) is 0 Å². The third kappa shape index (κ3) is 4.89. The average Bonchev–Trinajstić information content (AvgIpc) is 3.23. The molecule has 0 radical (unpaired) electrons. The zero-order valence-corrected chi connectivity index (χ0v) is 18.9. The summed E-state index contributed by atoms with van der Waals surface area (Å²) in [6, 6.07) is 9.21. The highest BCUT2D eigenvalue weighted by molar-refractivity contribution is 8.03. The van der Waals surface area contributed by atoms with Crippen LogP contribution >= 0.6 is 11.8 Å². The van der Waals surface area contributed by atoms with E-state index in [1.807, 2.05) is 12.1 Å². The zero-order valence-electron chi connectivity index (χ0n) is 18.1. The quantitative estimate of drug-likeness (QED) is 0.635. The number of hydrogen-bond donors (Lipinski definition) is 2. The summed E-state index contributed by atoms with van der Waals surface area (Å²) in [4.78, 5) is 23.4. The predicted molar refractivity (Wildman–Crippen MR) is 123 cm³/mol. The van der Waals surface area contributed by atoms with Gasteiger partial charge < -0.3 is 20.5 Å². The molecule has 5 rings (SSSR count). The van der Waals surface area contributed by atoms with Crippen molar-refractivity contribution in [2.24, 2.45) is 5.73 Å². The van der Waals surface area contributed by atoms with E-state index in [9.17, 15) is 9.18 Å². The third-order valence-electron chi connectivity index (χ3n) is 6.10. The number of ether oxygens (including phenoxy) is 2. The van der Waals surface area contributed by atoms with E-state index in [0.29, 0.717) is 54.0 Å². The van der Waals surface area contributed by atoms with E-state index < -0.39 is 11.6 Å². The molecule has 8 nitrogen and oxygen atoms in total. The number of thioether (sulfide) groups is 1. The van der Waals surface area contributed by atoms with Crippen LogP contribution in [0.4, 0.5) is 10.2 Å². The van der Waals surface area contributed by atoms with E-state index >= 15 is 0 Å². The molecule has 3 N–H and O–H groups in total. The highest BCUT2D eigenvalue weighted by Crippen LogP contribution is 2.48. The highest BCUT2D eigenvalue weighted by atomic mass is 32.2. The topological polar surface area (TPSA) is 103 Å². The molecule has 0 spiro atoms. The number of rotatable bonds is 7. The minimum absolute atomic E-state index is 0.00640. The molecule has 1 unspecified atom stereocenters. The first-order valence-electron chi connectivity index (χ1n) is 11.0. The molecule has 4 heterocycles. The molecule has 2 saturated heterocycles. The second-order valence-electron chi connectivity index (χ2n) is 8.43. The van der Waals surface area contributed by atoms with Crippen molar-refractivity contribution in [3.05, 3.63) is 64.1 Å². The number of carbonyl (C=O) groups excluding carboxylic acids is 1. The molecule has 1 atom stereocenters. The van der Waals surface area contributed by atoms with Gasteiger partial charge in [-0.05, 0) is 23.6 Å². The molecule has 3 aliphatic rings. The van der Waals surface area contributed by atoms with Crippen LogP contribution < -0.4 is 11.1 Å². The Labute approximate surface area is 195 Å². The first-order valence-corrected chi connectivity index (χ1v) is 11.8. The lowest BCUT2D eigenvalue weighted by atomic mass is 9.92. The SMILES string of the molecule is NC(=O)C1=C(Nc2ccnc(CN3CCOCC3)n2)SC(c2ccc(C3(F)COC3)cc2)C1. The Bertz CT molecular complexity index is 1050. The third-order valence-corrected chi connectivity index (χ3v) is 7.41. The maximum atomic E-state index is 14.6. The van der Waals surface area contributed by atoms with E-state index in [0.717, 1.165) is 18.7 Å². The van der Waals surface area contributed by atoms with Crippen molar-refractivity contribution in [3.8, 4) is 0 Å². The van der Waals surface area contributed by atoms with E-state index in [2.05, 4.69) is 20.2 Å². The van der Waals surface area contributed by atoms with E-state index in [4.69, 9.17) is 15.2 Å². The molecule has 10 heteroatoms. The summed E-state index contributed by atoms with van der Waals surface area (Å²) in [6.45, 7) is 3.97. The molecular weight excluding hydrogens is 445 g/mol. The molecule has 1 aromatic heterocycles. The number of amides is 1. The van der Waals surface area contributed by atoms with Gasteiger partial charge in [0.25, 0.3) is 0 Å². The molecule has 33 heavy (non-hydrogen) atoms. The maximum Gasteiger partial charge on any atom is 0.247 e. The number of benzene rings is 1. The highest BCUT2D eigenvalue weighted by Gasteiger charge is 2.40. The predicted octanol–water partition coefficient (Wildman–Crippen LogP) is 2.49. The van der Waals surface area contributed by atoms with Gasteiger partial charge in [0.1, 0.15) is 11.6 Å². The van der Waals surface area contributed by atoms with Gasteiger partial charge >= 0.3 is 0 Å². The van der Waals surface area contributed by atoms with Crippen LogP contribution in [0, 0.1) is 0 Å². The van der Waals surface area contributed by atoms with Gasteiger partial charge in [-0.15, -0.1) is 0 Å². The monoisotopic (exact) mass is 471 g/mol. The second-order valence-corrected chi connectivity index (χ2v) is 9.65. The van der Waals surface area contributed by atoms with Crippen LogP contribution in [0.25, 0.3) is 0 Å². The largest absolute Gasteiger partial charge is 0.379 e. The molecule has 0 aliphatic carbocycles. The Kier molecular flexibility index (Phi) is 6.33.